The summed E-state index contributed by atoms with van der Waals surface area (Å²) in [5, 5.41) is 0. The van der Waals surface area contributed by atoms with Gasteiger partial charge in [-0.3, -0.25) is 0 Å². The van der Waals surface area contributed by atoms with Gasteiger partial charge in [0.1, 0.15) is 0 Å². The van der Waals surface area contributed by atoms with E-state index >= 15 is 0 Å². The first kappa shape index (κ1) is 14.6. The van der Waals surface area contributed by atoms with E-state index in [1.54, 1.807) is 19.2 Å². The van der Waals surface area contributed by atoms with E-state index in [2.05, 4.69) is 4.98 Å². The minimum absolute atomic E-state index is 0.339. The molecule has 0 spiro atoms. The topological polar surface area (TPSA) is 48.4 Å². The standard InChI is InChI=1S/C16H21NO3/c1-2-19-16(18)10-8-13-7-9-15(17-11-13)20-12-14-5-3-4-6-14/h7-11,14H,2-6,12H2,1H3. The lowest BCUT2D eigenvalue weighted by Gasteiger charge is -2.10. The summed E-state index contributed by atoms with van der Waals surface area (Å²) in [6.07, 6.45) is 9.95. The lowest BCUT2D eigenvalue weighted by molar-refractivity contribution is -0.137. The van der Waals surface area contributed by atoms with Gasteiger partial charge in [-0.1, -0.05) is 12.8 Å². The fraction of sp³-hybridized carbons (Fsp3) is 0.500. The molecule has 1 aliphatic carbocycles. The zero-order valence-electron chi connectivity index (χ0n) is 11.9. The maximum absolute atomic E-state index is 11.2. The number of ether oxygens (including phenoxy) is 2. The first-order valence-corrected chi connectivity index (χ1v) is 7.21. The molecule has 2 rings (SSSR count). The summed E-state index contributed by atoms with van der Waals surface area (Å²) in [5.74, 6) is 0.986. The third-order valence-corrected chi connectivity index (χ3v) is 3.40. The second kappa shape index (κ2) is 7.68. The second-order valence-electron chi connectivity index (χ2n) is 4.98. The number of rotatable bonds is 6. The first-order valence-electron chi connectivity index (χ1n) is 7.21. The average molecular weight is 275 g/mol. The lowest BCUT2D eigenvalue weighted by Crippen LogP contribution is -2.08. The molecule has 0 atom stereocenters. The van der Waals surface area contributed by atoms with Gasteiger partial charge in [0.05, 0.1) is 13.2 Å². The zero-order chi connectivity index (χ0) is 14.2. The fourth-order valence-corrected chi connectivity index (χ4v) is 2.31. The summed E-state index contributed by atoms with van der Waals surface area (Å²) in [6.45, 7) is 2.92. The summed E-state index contributed by atoms with van der Waals surface area (Å²) in [6, 6.07) is 3.71. The Morgan fingerprint density at radius 2 is 2.20 bits per heavy atom. The summed E-state index contributed by atoms with van der Waals surface area (Å²) < 4.78 is 10.5. The number of hydrogen-bond acceptors (Lipinski definition) is 4. The van der Waals surface area contributed by atoms with Crippen LogP contribution < -0.4 is 4.74 Å². The van der Waals surface area contributed by atoms with E-state index < -0.39 is 0 Å². The molecule has 4 nitrogen and oxygen atoms in total. The van der Waals surface area contributed by atoms with Crippen LogP contribution in [0.1, 0.15) is 38.2 Å². The van der Waals surface area contributed by atoms with Crippen LogP contribution in [0.4, 0.5) is 0 Å². The van der Waals surface area contributed by atoms with Gasteiger partial charge in [0.25, 0.3) is 0 Å². The summed E-state index contributed by atoms with van der Waals surface area (Å²) in [5.41, 5.74) is 0.853. The number of hydrogen-bond donors (Lipinski definition) is 0. The van der Waals surface area contributed by atoms with E-state index in [1.807, 2.05) is 12.1 Å². The minimum Gasteiger partial charge on any atom is -0.477 e. The molecule has 0 aromatic carbocycles. The maximum atomic E-state index is 11.2. The van der Waals surface area contributed by atoms with Crippen LogP contribution in [0.25, 0.3) is 6.08 Å². The Bertz CT molecular complexity index is 447. The molecule has 1 aromatic heterocycles. The first-order chi connectivity index (χ1) is 9.78. The zero-order valence-corrected chi connectivity index (χ0v) is 11.9. The molecule has 1 fully saturated rings. The molecule has 0 bridgehead atoms. The number of pyridine rings is 1. The van der Waals surface area contributed by atoms with Crippen molar-refractivity contribution >= 4 is 12.0 Å². The summed E-state index contributed by atoms with van der Waals surface area (Å²) in [4.78, 5) is 15.4. The molecule has 0 amide bonds. The highest BCUT2D eigenvalue weighted by Crippen LogP contribution is 2.25. The van der Waals surface area contributed by atoms with Gasteiger partial charge in [0.2, 0.25) is 5.88 Å². The molecular formula is C16H21NO3. The molecule has 0 unspecified atom stereocenters. The maximum Gasteiger partial charge on any atom is 0.330 e. The van der Waals surface area contributed by atoms with E-state index in [0.717, 1.165) is 12.2 Å². The van der Waals surface area contributed by atoms with Crippen LogP contribution >= 0.6 is 0 Å². The van der Waals surface area contributed by atoms with Crippen molar-refractivity contribution in [2.45, 2.75) is 32.6 Å². The molecule has 1 heterocycles. The molecule has 4 heteroatoms. The van der Waals surface area contributed by atoms with Gasteiger partial charge in [-0.05, 0) is 43.4 Å². The van der Waals surface area contributed by atoms with Crippen LogP contribution in [0.15, 0.2) is 24.4 Å². The summed E-state index contributed by atoms with van der Waals surface area (Å²) >= 11 is 0. The van der Waals surface area contributed by atoms with Crippen molar-refractivity contribution < 1.29 is 14.3 Å². The fourth-order valence-electron chi connectivity index (χ4n) is 2.31. The van der Waals surface area contributed by atoms with Gasteiger partial charge in [0, 0.05) is 18.3 Å². The Kier molecular flexibility index (Phi) is 5.59. The number of nitrogens with zero attached hydrogens (tertiary/aromatic N) is 1. The molecule has 108 valence electrons. The molecular weight excluding hydrogens is 254 g/mol. The van der Waals surface area contributed by atoms with Crippen LogP contribution in [0.5, 0.6) is 5.88 Å². The Morgan fingerprint density at radius 3 is 2.85 bits per heavy atom. The third-order valence-electron chi connectivity index (χ3n) is 3.40. The Hall–Kier alpha value is -1.84. The van der Waals surface area contributed by atoms with E-state index in [4.69, 9.17) is 9.47 Å². The molecule has 20 heavy (non-hydrogen) atoms. The van der Waals surface area contributed by atoms with Crippen LogP contribution in [0, 0.1) is 5.92 Å². The number of carbonyl (C=O) groups excluding carboxylic acids is 1. The predicted molar refractivity (Wildman–Crippen MR) is 77.4 cm³/mol. The second-order valence-corrected chi connectivity index (χ2v) is 4.98. The van der Waals surface area contributed by atoms with E-state index in [1.165, 1.54) is 31.8 Å². The van der Waals surface area contributed by atoms with Crippen LogP contribution in [-0.4, -0.2) is 24.2 Å². The normalized spacial score (nSPS) is 15.7. The van der Waals surface area contributed by atoms with Crippen molar-refractivity contribution in [1.82, 2.24) is 4.98 Å². The van der Waals surface area contributed by atoms with Crippen LogP contribution in [-0.2, 0) is 9.53 Å². The number of aromatic nitrogens is 1. The highest BCUT2D eigenvalue weighted by molar-refractivity contribution is 5.86. The smallest absolute Gasteiger partial charge is 0.330 e. The van der Waals surface area contributed by atoms with E-state index in [9.17, 15) is 4.79 Å². The van der Waals surface area contributed by atoms with Gasteiger partial charge >= 0.3 is 5.97 Å². The largest absolute Gasteiger partial charge is 0.477 e. The monoisotopic (exact) mass is 275 g/mol. The average Bonchev–Trinajstić information content (AvgIpc) is 2.98. The SMILES string of the molecule is CCOC(=O)C=Cc1ccc(OCC2CCCC2)nc1. The van der Waals surface area contributed by atoms with Gasteiger partial charge in [-0.25, -0.2) is 9.78 Å². The van der Waals surface area contributed by atoms with Crippen molar-refractivity contribution in [3.63, 3.8) is 0 Å². The van der Waals surface area contributed by atoms with E-state index in [0.29, 0.717) is 18.4 Å². The van der Waals surface area contributed by atoms with Gasteiger partial charge in [-0.2, -0.15) is 0 Å². The van der Waals surface area contributed by atoms with Gasteiger partial charge in [-0.15, -0.1) is 0 Å². The van der Waals surface area contributed by atoms with Gasteiger partial charge in [0.15, 0.2) is 0 Å². The van der Waals surface area contributed by atoms with Crippen LogP contribution in [0.2, 0.25) is 0 Å². The van der Waals surface area contributed by atoms with Crippen LogP contribution in [0.3, 0.4) is 0 Å². The van der Waals surface area contributed by atoms with Crippen molar-refractivity contribution in [2.75, 3.05) is 13.2 Å². The highest BCUT2D eigenvalue weighted by atomic mass is 16.5. The quantitative estimate of drug-likeness (QED) is 0.591. The van der Waals surface area contributed by atoms with Crippen molar-refractivity contribution in [1.29, 1.82) is 0 Å². The third kappa shape index (κ3) is 4.68. The molecule has 0 saturated heterocycles. The summed E-state index contributed by atoms with van der Waals surface area (Å²) in [7, 11) is 0. The Balaban J connectivity index is 1.81. The highest BCUT2D eigenvalue weighted by Gasteiger charge is 2.15. The molecule has 1 aromatic rings. The molecule has 0 radical (unpaired) electrons. The lowest BCUT2D eigenvalue weighted by atomic mass is 10.1. The molecule has 0 N–H and O–H groups in total. The molecule has 1 saturated carbocycles. The van der Waals surface area contributed by atoms with Gasteiger partial charge < -0.3 is 9.47 Å². The van der Waals surface area contributed by atoms with Crippen molar-refractivity contribution in [3.8, 4) is 5.88 Å². The molecule has 1 aliphatic rings. The van der Waals surface area contributed by atoms with Crippen molar-refractivity contribution in [2.24, 2.45) is 5.92 Å². The number of esters is 1. The Labute approximate surface area is 119 Å². The van der Waals surface area contributed by atoms with Crippen molar-refractivity contribution in [3.05, 3.63) is 30.0 Å². The predicted octanol–water partition coefficient (Wildman–Crippen LogP) is 3.23. The van der Waals surface area contributed by atoms with E-state index in [-0.39, 0.29) is 5.97 Å². The Morgan fingerprint density at radius 1 is 1.40 bits per heavy atom. The molecule has 0 aliphatic heterocycles. The minimum atomic E-state index is -0.339. The number of carbonyl (C=O) groups is 1.